The number of aromatic nitrogens is 1. The summed E-state index contributed by atoms with van der Waals surface area (Å²) in [5.41, 5.74) is 8.62. The van der Waals surface area contributed by atoms with E-state index < -0.39 is 0 Å². The van der Waals surface area contributed by atoms with Gasteiger partial charge in [-0.3, -0.25) is 0 Å². The molecule has 1 aromatic carbocycles. The van der Waals surface area contributed by atoms with Crippen molar-refractivity contribution in [3.63, 3.8) is 0 Å². The Hall–Kier alpha value is -0.710. The van der Waals surface area contributed by atoms with Crippen LogP contribution in [0.5, 0.6) is 0 Å². The summed E-state index contributed by atoms with van der Waals surface area (Å²) in [4.78, 5) is 4.33. The lowest BCUT2D eigenvalue weighted by Crippen LogP contribution is -1.95. The third-order valence-corrected chi connectivity index (χ3v) is 5.23. The minimum absolute atomic E-state index is 0.698. The van der Waals surface area contributed by atoms with Gasteiger partial charge in [0.15, 0.2) is 0 Å². The highest BCUT2D eigenvalue weighted by atomic mass is 79.9. The van der Waals surface area contributed by atoms with Crippen molar-refractivity contribution >= 4 is 45.0 Å². The van der Waals surface area contributed by atoms with Gasteiger partial charge < -0.3 is 5.73 Å². The van der Waals surface area contributed by atoms with Crippen LogP contribution < -0.4 is 5.73 Å². The average molecular weight is 344 g/mol. The largest absolute Gasteiger partial charge is 0.397 e. The number of thioether (sulfide) groups is 1. The first kappa shape index (κ1) is 13.7. The summed E-state index contributed by atoms with van der Waals surface area (Å²) in [6, 6.07) is 7.83. The maximum Gasteiger partial charge on any atom is 0.111 e. The van der Waals surface area contributed by atoms with Gasteiger partial charge in [0.1, 0.15) is 5.03 Å². The third-order valence-electron chi connectivity index (χ3n) is 2.59. The fraction of sp³-hybridized carbons (Fsp3) is 0.154. The second-order valence-electron chi connectivity index (χ2n) is 3.84. The van der Waals surface area contributed by atoms with Gasteiger partial charge in [-0.2, -0.15) is 0 Å². The highest BCUT2D eigenvalue weighted by Crippen LogP contribution is 2.33. The number of hydrogen-bond donors (Lipinski definition) is 1. The molecule has 2 aromatic rings. The first-order valence-corrected chi connectivity index (χ1v) is 7.52. The topological polar surface area (TPSA) is 38.9 Å². The minimum atomic E-state index is 0.698. The zero-order chi connectivity index (χ0) is 13.1. The quantitative estimate of drug-likeness (QED) is 0.822. The summed E-state index contributed by atoms with van der Waals surface area (Å²) in [7, 11) is 0. The highest BCUT2D eigenvalue weighted by Gasteiger charge is 2.09. The molecule has 2 rings (SSSR count). The lowest BCUT2D eigenvalue weighted by Gasteiger charge is -2.08. The molecule has 0 amide bonds. The molecule has 0 spiro atoms. The molecular weight excluding hydrogens is 332 g/mol. The van der Waals surface area contributed by atoms with Crippen molar-refractivity contribution in [1.29, 1.82) is 0 Å². The first-order valence-electron chi connectivity index (χ1n) is 5.36. The van der Waals surface area contributed by atoms with Crippen LogP contribution in [-0.4, -0.2) is 4.98 Å². The molecule has 18 heavy (non-hydrogen) atoms. The van der Waals surface area contributed by atoms with Crippen LogP contribution in [0.25, 0.3) is 0 Å². The van der Waals surface area contributed by atoms with Gasteiger partial charge in [-0.25, -0.2) is 4.98 Å². The van der Waals surface area contributed by atoms with Crippen LogP contribution in [0.4, 0.5) is 5.69 Å². The predicted molar refractivity (Wildman–Crippen MR) is 82.1 cm³/mol. The van der Waals surface area contributed by atoms with E-state index in [9.17, 15) is 0 Å². The molecule has 5 heteroatoms. The van der Waals surface area contributed by atoms with E-state index in [1.807, 2.05) is 31.2 Å². The van der Waals surface area contributed by atoms with Crippen LogP contribution in [0.2, 0.25) is 5.02 Å². The molecular formula is C13H12BrClN2S. The molecule has 0 radical (unpaired) electrons. The van der Waals surface area contributed by atoms with Crippen molar-refractivity contribution in [2.45, 2.75) is 17.7 Å². The first-order chi connectivity index (χ1) is 8.59. The molecule has 94 valence electrons. The molecule has 2 N–H and O–H groups in total. The maximum atomic E-state index is 6.12. The number of pyridine rings is 1. The molecule has 0 aliphatic carbocycles. The fourth-order valence-electron chi connectivity index (χ4n) is 1.43. The summed E-state index contributed by atoms with van der Waals surface area (Å²) < 4.78 is 0.958. The van der Waals surface area contributed by atoms with Crippen molar-refractivity contribution in [2.24, 2.45) is 0 Å². The molecule has 0 atom stereocenters. The minimum Gasteiger partial charge on any atom is -0.397 e. The third kappa shape index (κ3) is 2.99. The number of nitrogens with two attached hydrogens (primary N) is 1. The lowest BCUT2D eigenvalue weighted by molar-refractivity contribution is 1.09. The van der Waals surface area contributed by atoms with Crippen LogP contribution in [0.15, 0.2) is 40.0 Å². The van der Waals surface area contributed by atoms with E-state index >= 15 is 0 Å². The van der Waals surface area contributed by atoms with Gasteiger partial charge in [-0.15, -0.1) is 11.8 Å². The average Bonchev–Trinajstić information content (AvgIpc) is 2.37. The molecule has 1 aromatic heterocycles. The SMILES string of the molecule is Cc1c(N)cnc(SCc2ccccc2Cl)c1Br. The fourth-order valence-corrected chi connectivity index (χ4v) is 3.34. The Balaban J connectivity index is 2.17. The number of anilines is 1. The lowest BCUT2D eigenvalue weighted by atomic mass is 10.2. The van der Waals surface area contributed by atoms with Crippen LogP contribution in [-0.2, 0) is 5.75 Å². The maximum absolute atomic E-state index is 6.12. The predicted octanol–water partition coefficient (Wildman–Crippen LogP) is 4.68. The molecule has 2 nitrogen and oxygen atoms in total. The summed E-state index contributed by atoms with van der Waals surface area (Å²) >= 11 is 11.3. The van der Waals surface area contributed by atoms with E-state index in [2.05, 4.69) is 20.9 Å². The number of benzene rings is 1. The van der Waals surface area contributed by atoms with Gasteiger partial charge in [0.25, 0.3) is 0 Å². The monoisotopic (exact) mass is 342 g/mol. The smallest absolute Gasteiger partial charge is 0.111 e. The summed E-state index contributed by atoms with van der Waals surface area (Å²) in [6.45, 7) is 1.97. The van der Waals surface area contributed by atoms with Gasteiger partial charge in [0.05, 0.1) is 16.4 Å². The van der Waals surface area contributed by atoms with Crippen molar-refractivity contribution < 1.29 is 0 Å². The van der Waals surface area contributed by atoms with E-state index in [1.54, 1.807) is 18.0 Å². The number of rotatable bonds is 3. The number of nitrogen functional groups attached to an aromatic ring is 1. The summed E-state index contributed by atoms with van der Waals surface area (Å²) in [6.07, 6.45) is 1.69. The van der Waals surface area contributed by atoms with Crippen molar-refractivity contribution in [2.75, 3.05) is 5.73 Å². The molecule has 0 aliphatic rings. The molecule has 1 heterocycles. The van der Waals surface area contributed by atoms with E-state index in [0.29, 0.717) is 5.69 Å². The standard InChI is InChI=1S/C13H12BrClN2S/c1-8-11(16)6-17-13(12(8)14)18-7-9-4-2-3-5-10(9)15/h2-6H,7,16H2,1H3. The Labute approximate surface area is 124 Å². The Bertz CT molecular complexity index is 575. The second kappa shape index (κ2) is 5.95. The molecule has 0 aliphatic heterocycles. The van der Waals surface area contributed by atoms with Crippen LogP contribution in [0.1, 0.15) is 11.1 Å². The second-order valence-corrected chi connectivity index (χ2v) is 6.00. The van der Waals surface area contributed by atoms with Crippen LogP contribution >= 0.6 is 39.3 Å². The van der Waals surface area contributed by atoms with E-state index in [-0.39, 0.29) is 0 Å². The zero-order valence-corrected chi connectivity index (χ0v) is 12.9. The normalized spacial score (nSPS) is 10.6. The molecule has 0 fully saturated rings. The van der Waals surface area contributed by atoms with Crippen LogP contribution in [0, 0.1) is 6.92 Å². The Kier molecular flexibility index (Phi) is 4.54. The van der Waals surface area contributed by atoms with Crippen molar-refractivity contribution in [3.8, 4) is 0 Å². The Morgan fingerprint density at radius 1 is 1.39 bits per heavy atom. The van der Waals surface area contributed by atoms with Gasteiger partial charge in [0, 0.05) is 10.8 Å². The Morgan fingerprint density at radius 3 is 2.83 bits per heavy atom. The number of halogens is 2. The molecule has 0 bridgehead atoms. The molecule has 0 saturated carbocycles. The van der Waals surface area contributed by atoms with Crippen molar-refractivity contribution in [1.82, 2.24) is 4.98 Å². The molecule has 0 saturated heterocycles. The van der Waals surface area contributed by atoms with E-state index in [0.717, 1.165) is 31.4 Å². The Morgan fingerprint density at radius 2 is 2.11 bits per heavy atom. The summed E-state index contributed by atoms with van der Waals surface area (Å²) in [5.74, 6) is 0.786. The highest BCUT2D eigenvalue weighted by molar-refractivity contribution is 9.10. The van der Waals surface area contributed by atoms with E-state index in [1.165, 1.54) is 0 Å². The van der Waals surface area contributed by atoms with Gasteiger partial charge >= 0.3 is 0 Å². The van der Waals surface area contributed by atoms with E-state index in [4.69, 9.17) is 17.3 Å². The van der Waals surface area contributed by atoms with Gasteiger partial charge in [0.2, 0.25) is 0 Å². The van der Waals surface area contributed by atoms with Gasteiger partial charge in [-0.05, 0) is 40.0 Å². The number of nitrogens with zero attached hydrogens (tertiary/aromatic N) is 1. The van der Waals surface area contributed by atoms with Crippen LogP contribution in [0.3, 0.4) is 0 Å². The molecule has 0 unspecified atom stereocenters. The van der Waals surface area contributed by atoms with Crippen molar-refractivity contribution in [3.05, 3.63) is 51.1 Å². The van der Waals surface area contributed by atoms with Gasteiger partial charge in [-0.1, -0.05) is 29.8 Å². The summed E-state index contributed by atoms with van der Waals surface area (Å²) in [5, 5.41) is 1.72. The number of hydrogen-bond acceptors (Lipinski definition) is 3. The zero-order valence-electron chi connectivity index (χ0n) is 9.78.